The second-order valence-corrected chi connectivity index (χ2v) is 11.7. The molecule has 0 aliphatic heterocycles. The van der Waals surface area contributed by atoms with E-state index in [4.69, 9.17) is 0 Å². The lowest BCUT2D eigenvalue weighted by Gasteiger charge is -2.60. The highest BCUT2D eigenvalue weighted by Gasteiger charge is 2.61. The van der Waals surface area contributed by atoms with Crippen LogP contribution in [-0.2, 0) is 7.05 Å². The highest BCUT2D eigenvalue weighted by atomic mass is 16.3. The summed E-state index contributed by atoms with van der Waals surface area (Å²) in [4.78, 5) is 0. The summed E-state index contributed by atoms with van der Waals surface area (Å²) in [5.41, 5.74) is 5.06. The van der Waals surface area contributed by atoms with E-state index in [1.54, 1.807) is 0 Å². The zero-order valence-electron chi connectivity index (χ0n) is 19.5. The monoisotopic (exact) mass is 412 g/mol. The Hall–Kier alpha value is -1.13. The van der Waals surface area contributed by atoms with Crippen molar-refractivity contribution in [2.24, 2.45) is 41.5 Å². The maximum Gasteiger partial charge on any atom is 0.0809 e. The van der Waals surface area contributed by atoms with Crippen molar-refractivity contribution in [3.05, 3.63) is 22.5 Å². The van der Waals surface area contributed by atoms with Gasteiger partial charge in [-0.15, -0.1) is 0 Å². The minimum Gasteiger partial charge on any atom is -0.393 e. The van der Waals surface area contributed by atoms with E-state index in [0.717, 1.165) is 43.2 Å². The fourth-order valence-corrected chi connectivity index (χ4v) is 8.42. The number of aromatic nitrogens is 2. The van der Waals surface area contributed by atoms with Gasteiger partial charge in [-0.2, -0.15) is 5.10 Å². The molecule has 4 heteroatoms. The van der Waals surface area contributed by atoms with Gasteiger partial charge in [0.1, 0.15) is 0 Å². The Kier molecular flexibility index (Phi) is 4.80. The molecule has 0 aromatic carbocycles. The maximum absolute atomic E-state index is 11.5. The Balaban J connectivity index is 1.46. The van der Waals surface area contributed by atoms with Gasteiger partial charge in [-0.25, -0.2) is 0 Å². The Morgan fingerprint density at radius 3 is 2.43 bits per heavy atom. The van der Waals surface area contributed by atoms with E-state index in [1.165, 1.54) is 42.5 Å². The van der Waals surface area contributed by atoms with Crippen LogP contribution in [0.5, 0.6) is 0 Å². The number of hydrogen-bond donors (Lipinski definition) is 2. The second kappa shape index (κ2) is 6.93. The normalized spacial score (nSPS) is 47.1. The third kappa shape index (κ3) is 2.82. The summed E-state index contributed by atoms with van der Waals surface area (Å²) in [7, 11) is 2.00. The van der Waals surface area contributed by atoms with Gasteiger partial charge in [-0.1, -0.05) is 13.8 Å². The number of nitrogens with zero attached hydrogens (tertiary/aromatic N) is 2. The van der Waals surface area contributed by atoms with E-state index in [9.17, 15) is 10.2 Å². The number of aliphatic hydroxyl groups excluding tert-OH is 2. The Morgan fingerprint density at radius 2 is 1.73 bits per heavy atom. The molecule has 1 aromatic rings. The predicted molar refractivity (Wildman–Crippen MR) is 120 cm³/mol. The lowest BCUT2D eigenvalue weighted by Crippen LogP contribution is -2.54. The number of rotatable bonds is 1. The minimum atomic E-state index is -0.332. The first-order valence-electron chi connectivity index (χ1n) is 12.2. The Morgan fingerprint density at radius 1 is 1.00 bits per heavy atom. The molecule has 4 aliphatic carbocycles. The SMILES string of the molecule is Cc1nn(C)c(C)c1/C=C1/C[C@H]2[C@@H]3CC[C@H]4C[C@@H](O)CC[C@]4(C)[C@H]3CC[C@]2(C)[C@@H]1O. The van der Waals surface area contributed by atoms with Crippen molar-refractivity contribution in [3.63, 3.8) is 0 Å². The van der Waals surface area contributed by atoms with E-state index in [2.05, 4.69) is 38.9 Å². The van der Waals surface area contributed by atoms with Crippen molar-refractivity contribution < 1.29 is 10.2 Å². The second-order valence-electron chi connectivity index (χ2n) is 11.7. The smallest absolute Gasteiger partial charge is 0.0809 e. The van der Waals surface area contributed by atoms with Crippen molar-refractivity contribution in [2.75, 3.05) is 0 Å². The summed E-state index contributed by atoms with van der Waals surface area (Å²) in [6.07, 6.45) is 11.0. The van der Waals surface area contributed by atoms with E-state index in [0.29, 0.717) is 17.3 Å². The summed E-state index contributed by atoms with van der Waals surface area (Å²) < 4.78 is 1.95. The van der Waals surface area contributed by atoms with Gasteiger partial charge in [0, 0.05) is 23.7 Å². The molecule has 2 N–H and O–H groups in total. The molecule has 4 fully saturated rings. The average Bonchev–Trinajstić information content (AvgIpc) is 3.10. The lowest BCUT2D eigenvalue weighted by molar-refractivity contribution is -0.133. The van der Waals surface area contributed by atoms with Gasteiger partial charge in [0.2, 0.25) is 0 Å². The molecule has 1 aromatic heterocycles. The van der Waals surface area contributed by atoms with Gasteiger partial charge in [-0.05, 0) is 106 Å². The molecule has 166 valence electrons. The first-order chi connectivity index (χ1) is 14.1. The number of fused-ring (bicyclic) bond motifs is 5. The Labute approximate surface area is 181 Å². The predicted octanol–water partition coefficient (Wildman–Crippen LogP) is 4.79. The third-order valence-corrected chi connectivity index (χ3v) is 10.4. The third-order valence-electron chi connectivity index (χ3n) is 10.4. The van der Waals surface area contributed by atoms with Crippen LogP contribution in [0.15, 0.2) is 5.57 Å². The maximum atomic E-state index is 11.5. The fourth-order valence-electron chi connectivity index (χ4n) is 8.42. The fraction of sp³-hybridized carbons (Fsp3) is 0.808. The van der Waals surface area contributed by atoms with Gasteiger partial charge < -0.3 is 10.2 Å². The van der Waals surface area contributed by atoms with Crippen LogP contribution in [0.25, 0.3) is 6.08 Å². The van der Waals surface area contributed by atoms with Crippen LogP contribution < -0.4 is 0 Å². The van der Waals surface area contributed by atoms with Crippen molar-refractivity contribution in [1.82, 2.24) is 9.78 Å². The topological polar surface area (TPSA) is 58.3 Å². The van der Waals surface area contributed by atoms with Crippen molar-refractivity contribution in [1.29, 1.82) is 0 Å². The largest absolute Gasteiger partial charge is 0.393 e. The summed E-state index contributed by atoms with van der Waals surface area (Å²) in [6, 6.07) is 0. The van der Waals surface area contributed by atoms with Crippen LogP contribution in [0.4, 0.5) is 0 Å². The molecular formula is C26H40N2O2. The molecule has 4 aliphatic rings. The summed E-state index contributed by atoms with van der Waals surface area (Å²) in [5.74, 6) is 2.75. The van der Waals surface area contributed by atoms with Gasteiger partial charge in [0.05, 0.1) is 17.9 Å². The molecule has 0 amide bonds. The molecule has 0 radical (unpaired) electrons. The summed E-state index contributed by atoms with van der Waals surface area (Å²) in [5, 5.41) is 26.3. The van der Waals surface area contributed by atoms with Crippen molar-refractivity contribution in [3.8, 4) is 0 Å². The van der Waals surface area contributed by atoms with E-state index < -0.39 is 0 Å². The van der Waals surface area contributed by atoms with Crippen molar-refractivity contribution in [2.45, 2.75) is 91.3 Å². The van der Waals surface area contributed by atoms with E-state index >= 15 is 0 Å². The van der Waals surface area contributed by atoms with Crippen LogP contribution in [0.3, 0.4) is 0 Å². The van der Waals surface area contributed by atoms with E-state index in [-0.39, 0.29) is 17.6 Å². The molecule has 4 nitrogen and oxygen atoms in total. The number of aliphatic hydroxyl groups is 2. The molecule has 0 spiro atoms. The first kappa shape index (κ1) is 20.8. The van der Waals surface area contributed by atoms with Crippen molar-refractivity contribution >= 4 is 6.08 Å². The average molecular weight is 413 g/mol. The molecule has 0 unspecified atom stereocenters. The highest BCUT2D eigenvalue weighted by molar-refractivity contribution is 5.59. The lowest BCUT2D eigenvalue weighted by atomic mass is 9.45. The molecule has 0 bridgehead atoms. The van der Waals surface area contributed by atoms with Gasteiger partial charge in [-0.3, -0.25) is 4.68 Å². The first-order valence-corrected chi connectivity index (χ1v) is 12.2. The quantitative estimate of drug-likeness (QED) is 0.697. The van der Waals surface area contributed by atoms with Crippen LogP contribution in [0.2, 0.25) is 0 Å². The van der Waals surface area contributed by atoms with E-state index in [1.807, 2.05) is 11.7 Å². The molecule has 5 rings (SSSR count). The summed E-state index contributed by atoms with van der Waals surface area (Å²) in [6.45, 7) is 9.10. The van der Waals surface area contributed by atoms with Crippen LogP contribution in [0.1, 0.15) is 82.2 Å². The highest BCUT2D eigenvalue weighted by Crippen LogP contribution is 2.67. The number of aryl methyl sites for hydroxylation is 2. The molecule has 1 heterocycles. The van der Waals surface area contributed by atoms with Gasteiger partial charge in [0.25, 0.3) is 0 Å². The molecule has 30 heavy (non-hydrogen) atoms. The standard InChI is InChI=1S/C26H40N2O2/c1-15-21(16(2)28(5)27-15)12-17-13-23-20-7-6-18-14-19(29)8-10-25(18,3)22(20)9-11-26(23,4)24(17)30/h12,18-20,22-24,29-30H,6-11,13-14H2,1-5H3/b17-12-/t18-,19-,20+,22-,23-,24+,25-,26-/m0/s1. The Bertz CT molecular complexity index is 873. The summed E-state index contributed by atoms with van der Waals surface area (Å²) >= 11 is 0. The molecular weight excluding hydrogens is 372 g/mol. The molecule has 0 saturated heterocycles. The molecule has 4 saturated carbocycles. The van der Waals surface area contributed by atoms with Crippen LogP contribution in [-0.4, -0.2) is 32.2 Å². The molecule has 8 atom stereocenters. The zero-order valence-corrected chi connectivity index (χ0v) is 19.5. The van der Waals surface area contributed by atoms with Crippen LogP contribution in [0, 0.1) is 48.3 Å². The van der Waals surface area contributed by atoms with Gasteiger partial charge in [0.15, 0.2) is 0 Å². The van der Waals surface area contributed by atoms with Crippen LogP contribution >= 0.6 is 0 Å². The minimum absolute atomic E-state index is 0.00833. The van der Waals surface area contributed by atoms with Gasteiger partial charge >= 0.3 is 0 Å². The zero-order chi connectivity index (χ0) is 21.4. The number of hydrogen-bond acceptors (Lipinski definition) is 3.